The molecule has 150 valence electrons. The maximum Gasteiger partial charge on any atom is 0.160 e. The molecule has 6 heteroatoms. The fraction of sp³-hybridized carbons (Fsp3) is 0.208. The molecule has 1 aliphatic heterocycles. The first-order valence-corrected chi connectivity index (χ1v) is 10.1. The molecule has 0 fully saturated rings. The summed E-state index contributed by atoms with van der Waals surface area (Å²) in [6.07, 6.45) is 8.50. The summed E-state index contributed by atoms with van der Waals surface area (Å²) in [5, 5.41) is 0. The van der Waals surface area contributed by atoms with Gasteiger partial charge in [0, 0.05) is 74.2 Å². The number of aromatic nitrogens is 4. The lowest BCUT2D eigenvalue weighted by Gasteiger charge is -2.28. The number of hydrogen-bond donors (Lipinski definition) is 0. The SMILES string of the molecule is Fc1ccc(Cn2cccc2CN2CCc3nc(-c4cccnc4)ncc3C2)cc1. The van der Waals surface area contributed by atoms with E-state index in [-0.39, 0.29) is 5.82 Å². The van der Waals surface area contributed by atoms with Crippen LogP contribution >= 0.6 is 0 Å². The van der Waals surface area contributed by atoms with Crippen molar-refractivity contribution in [2.45, 2.75) is 26.1 Å². The topological polar surface area (TPSA) is 46.8 Å². The molecule has 1 aliphatic rings. The Kier molecular flexibility index (Phi) is 5.07. The van der Waals surface area contributed by atoms with Gasteiger partial charge in [0.2, 0.25) is 0 Å². The normalized spacial score (nSPS) is 13.9. The third kappa shape index (κ3) is 4.00. The van der Waals surface area contributed by atoms with Gasteiger partial charge in [0.05, 0.1) is 5.69 Å². The number of rotatable bonds is 5. The van der Waals surface area contributed by atoms with Crippen molar-refractivity contribution in [2.24, 2.45) is 0 Å². The zero-order valence-corrected chi connectivity index (χ0v) is 16.6. The van der Waals surface area contributed by atoms with Gasteiger partial charge in [0.25, 0.3) is 0 Å². The zero-order valence-electron chi connectivity index (χ0n) is 16.6. The van der Waals surface area contributed by atoms with Crippen LogP contribution in [0, 0.1) is 5.82 Å². The van der Waals surface area contributed by atoms with Gasteiger partial charge in [-0.1, -0.05) is 12.1 Å². The van der Waals surface area contributed by atoms with Gasteiger partial charge in [-0.2, -0.15) is 0 Å². The second-order valence-electron chi connectivity index (χ2n) is 7.62. The average Bonchev–Trinajstić information content (AvgIpc) is 3.22. The third-order valence-corrected chi connectivity index (χ3v) is 5.51. The van der Waals surface area contributed by atoms with Gasteiger partial charge in [-0.05, 0) is 42.0 Å². The van der Waals surface area contributed by atoms with Crippen molar-refractivity contribution in [1.82, 2.24) is 24.4 Å². The van der Waals surface area contributed by atoms with Crippen LogP contribution in [0.15, 0.2) is 73.3 Å². The first-order chi connectivity index (χ1) is 14.7. The summed E-state index contributed by atoms with van der Waals surface area (Å²) < 4.78 is 15.4. The maximum absolute atomic E-state index is 13.2. The van der Waals surface area contributed by atoms with Crippen LogP contribution in [0.2, 0.25) is 0 Å². The second kappa shape index (κ2) is 8.16. The number of hydrogen-bond acceptors (Lipinski definition) is 4. The highest BCUT2D eigenvalue weighted by Crippen LogP contribution is 2.22. The van der Waals surface area contributed by atoms with Crippen LogP contribution in [0.4, 0.5) is 4.39 Å². The summed E-state index contributed by atoms with van der Waals surface area (Å²) in [6.45, 7) is 3.39. The summed E-state index contributed by atoms with van der Waals surface area (Å²) in [5.41, 5.74) is 5.60. The van der Waals surface area contributed by atoms with E-state index in [9.17, 15) is 4.39 Å². The molecule has 0 saturated carbocycles. The molecule has 0 amide bonds. The molecule has 0 radical (unpaired) electrons. The van der Waals surface area contributed by atoms with Crippen LogP contribution in [-0.4, -0.2) is 31.0 Å². The average molecular weight is 399 g/mol. The summed E-state index contributed by atoms with van der Waals surface area (Å²) in [5.74, 6) is 0.538. The highest BCUT2D eigenvalue weighted by molar-refractivity contribution is 5.53. The molecule has 4 heterocycles. The lowest BCUT2D eigenvalue weighted by Crippen LogP contribution is -2.31. The first-order valence-electron chi connectivity index (χ1n) is 10.1. The van der Waals surface area contributed by atoms with Crippen LogP contribution in [0.5, 0.6) is 0 Å². The molecule has 0 N–H and O–H groups in total. The number of pyridine rings is 1. The molecule has 0 saturated heterocycles. The highest BCUT2D eigenvalue weighted by atomic mass is 19.1. The highest BCUT2D eigenvalue weighted by Gasteiger charge is 2.20. The minimum Gasteiger partial charge on any atom is -0.346 e. The van der Waals surface area contributed by atoms with Gasteiger partial charge in [-0.15, -0.1) is 0 Å². The van der Waals surface area contributed by atoms with Crippen LogP contribution in [0.25, 0.3) is 11.4 Å². The molecule has 1 aromatic carbocycles. The van der Waals surface area contributed by atoms with Crippen LogP contribution < -0.4 is 0 Å². The summed E-state index contributed by atoms with van der Waals surface area (Å²) in [7, 11) is 0. The predicted molar refractivity (Wildman–Crippen MR) is 113 cm³/mol. The van der Waals surface area contributed by atoms with Crippen molar-refractivity contribution >= 4 is 0 Å². The van der Waals surface area contributed by atoms with Gasteiger partial charge >= 0.3 is 0 Å². The van der Waals surface area contributed by atoms with Crippen LogP contribution in [-0.2, 0) is 26.1 Å². The van der Waals surface area contributed by atoms with E-state index in [4.69, 9.17) is 4.98 Å². The van der Waals surface area contributed by atoms with Gasteiger partial charge in [0.1, 0.15) is 5.82 Å². The summed E-state index contributed by atoms with van der Waals surface area (Å²) in [4.78, 5) is 15.9. The van der Waals surface area contributed by atoms with Crippen LogP contribution in [0.3, 0.4) is 0 Å². The molecular formula is C24H22FN5. The van der Waals surface area contributed by atoms with E-state index in [1.54, 1.807) is 12.4 Å². The minimum absolute atomic E-state index is 0.202. The number of fused-ring (bicyclic) bond motifs is 1. The molecule has 0 aliphatic carbocycles. The van der Waals surface area contributed by atoms with Crippen molar-refractivity contribution < 1.29 is 4.39 Å². The van der Waals surface area contributed by atoms with Crippen molar-refractivity contribution in [3.8, 4) is 11.4 Å². The smallest absolute Gasteiger partial charge is 0.160 e. The molecule has 0 spiro atoms. The van der Waals surface area contributed by atoms with E-state index in [2.05, 4.69) is 37.8 Å². The number of benzene rings is 1. The first kappa shape index (κ1) is 18.6. The lowest BCUT2D eigenvalue weighted by molar-refractivity contribution is 0.237. The van der Waals surface area contributed by atoms with Crippen LogP contribution in [0.1, 0.15) is 22.5 Å². The van der Waals surface area contributed by atoms with E-state index in [1.165, 1.54) is 23.4 Å². The maximum atomic E-state index is 13.2. The monoisotopic (exact) mass is 399 g/mol. The molecule has 30 heavy (non-hydrogen) atoms. The number of halogens is 1. The lowest BCUT2D eigenvalue weighted by atomic mass is 10.1. The molecule has 4 aromatic rings. The molecule has 0 unspecified atom stereocenters. The van der Waals surface area contributed by atoms with E-state index in [0.29, 0.717) is 0 Å². The molecule has 5 nitrogen and oxygen atoms in total. The quantitative estimate of drug-likeness (QED) is 0.507. The van der Waals surface area contributed by atoms with E-state index >= 15 is 0 Å². The molecule has 3 aromatic heterocycles. The van der Waals surface area contributed by atoms with Crippen molar-refractivity contribution in [2.75, 3.05) is 6.54 Å². The van der Waals surface area contributed by atoms with E-state index < -0.39 is 0 Å². The predicted octanol–water partition coefficient (Wildman–Crippen LogP) is 4.09. The largest absolute Gasteiger partial charge is 0.346 e. The Morgan fingerprint density at radius 2 is 1.87 bits per heavy atom. The Morgan fingerprint density at radius 1 is 0.967 bits per heavy atom. The zero-order chi connectivity index (χ0) is 20.3. The fourth-order valence-corrected chi connectivity index (χ4v) is 3.91. The molecule has 5 rings (SSSR count). The summed E-state index contributed by atoms with van der Waals surface area (Å²) >= 11 is 0. The Bertz CT molecular complexity index is 1140. The van der Waals surface area contributed by atoms with E-state index in [1.807, 2.05) is 30.5 Å². The van der Waals surface area contributed by atoms with Gasteiger partial charge < -0.3 is 4.57 Å². The molecular weight excluding hydrogens is 377 g/mol. The van der Waals surface area contributed by atoms with Crippen molar-refractivity contribution in [3.05, 3.63) is 102 Å². The number of nitrogens with zero attached hydrogens (tertiary/aromatic N) is 5. The minimum atomic E-state index is -0.202. The Labute approximate surface area is 174 Å². The van der Waals surface area contributed by atoms with E-state index in [0.717, 1.165) is 55.2 Å². The Balaban J connectivity index is 1.28. The Hall–Kier alpha value is -3.38. The van der Waals surface area contributed by atoms with Gasteiger partial charge in [0.15, 0.2) is 5.82 Å². The third-order valence-electron chi connectivity index (χ3n) is 5.51. The fourth-order valence-electron chi connectivity index (χ4n) is 3.91. The Morgan fingerprint density at radius 3 is 2.70 bits per heavy atom. The van der Waals surface area contributed by atoms with Crippen molar-refractivity contribution in [1.29, 1.82) is 0 Å². The van der Waals surface area contributed by atoms with Gasteiger partial charge in [-0.25, -0.2) is 14.4 Å². The van der Waals surface area contributed by atoms with Gasteiger partial charge in [-0.3, -0.25) is 9.88 Å². The summed E-state index contributed by atoms with van der Waals surface area (Å²) in [6, 6.07) is 14.8. The molecule has 0 atom stereocenters. The second-order valence-corrected chi connectivity index (χ2v) is 7.62. The van der Waals surface area contributed by atoms with Crippen molar-refractivity contribution in [3.63, 3.8) is 0 Å². The standard InChI is InChI=1S/C24H22FN5/c25-21-7-5-18(6-8-21)15-30-11-2-4-22(30)17-29-12-9-23-20(16-29)14-27-24(28-23)19-3-1-10-26-13-19/h1-8,10-11,13-14H,9,12,15-17H2. The molecule has 0 bridgehead atoms.